The van der Waals surface area contributed by atoms with E-state index in [2.05, 4.69) is 54.6 Å². The van der Waals surface area contributed by atoms with E-state index >= 15 is 0 Å². The summed E-state index contributed by atoms with van der Waals surface area (Å²) in [5, 5.41) is 0. The molecular formula is C16H17N. The first-order chi connectivity index (χ1) is 8.28. The highest BCUT2D eigenvalue weighted by Crippen LogP contribution is 2.51. The average Bonchev–Trinajstić information content (AvgIpc) is 3.03. The SMILES string of the molecule is NC1(Cc2ccccc2)CC1c1ccccc1. The van der Waals surface area contributed by atoms with Gasteiger partial charge < -0.3 is 5.73 Å². The zero-order valence-electron chi connectivity index (χ0n) is 9.84. The summed E-state index contributed by atoms with van der Waals surface area (Å²) < 4.78 is 0. The Balaban J connectivity index is 1.74. The Morgan fingerprint density at radius 1 is 0.941 bits per heavy atom. The van der Waals surface area contributed by atoms with Crippen LogP contribution in [0, 0.1) is 0 Å². The van der Waals surface area contributed by atoms with Gasteiger partial charge in [0.2, 0.25) is 0 Å². The Hall–Kier alpha value is -1.60. The van der Waals surface area contributed by atoms with Crippen LogP contribution in [0.1, 0.15) is 23.5 Å². The van der Waals surface area contributed by atoms with Gasteiger partial charge in [-0.3, -0.25) is 0 Å². The summed E-state index contributed by atoms with van der Waals surface area (Å²) in [4.78, 5) is 0. The van der Waals surface area contributed by atoms with Crippen LogP contribution in [0.5, 0.6) is 0 Å². The van der Waals surface area contributed by atoms with Crippen molar-refractivity contribution in [2.75, 3.05) is 0 Å². The Morgan fingerprint density at radius 3 is 2.18 bits per heavy atom. The normalized spacial score (nSPS) is 26.8. The van der Waals surface area contributed by atoms with Crippen LogP contribution in [0.15, 0.2) is 60.7 Å². The third-order valence-electron chi connectivity index (χ3n) is 3.70. The van der Waals surface area contributed by atoms with Crippen molar-refractivity contribution >= 4 is 0 Å². The molecule has 1 aliphatic carbocycles. The second kappa shape index (κ2) is 4.01. The van der Waals surface area contributed by atoms with Crippen molar-refractivity contribution in [1.82, 2.24) is 0 Å². The Labute approximate surface area is 102 Å². The van der Waals surface area contributed by atoms with Crippen LogP contribution >= 0.6 is 0 Å². The quantitative estimate of drug-likeness (QED) is 0.850. The third kappa shape index (κ3) is 2.11. The van der Waals surface area contributed by atoms with E-state index in [1.54, 1.807) is 0 Å². The van der Waals surface area contributed by atoms with Crippen LogP contribution in [0.3, 0.4) is 0 Å². The van der Waals surface area contributed by atoms with Gasteiger partial charge in [-0.2, -0.15) is 0 Å². The molecule has 2 aromatic carbocycles. The number of hydrogen-bond donors (Lipinski definition) is 1. The molecule has 1 aliphatic rings. The van der Waals surface area contributed by atoms with Crippen LogP contribution in [-0.2, 0) is 6.42 Å². The maximum absolute atomic E-state index is 6.45. The van der Waals surface area contributed by atoms with E-state index in [9.17, 15) is 0 Å². The van der Waals surface area contributed by atoms with Gasteiger partial charge >= 0.3 is 0 Å². The lowest BCUT2D eigenvalue weighted by molar-refractivity contribution is 0.646. The molecule has 3 rings (SSSR count). The zero-order valence-corrected chi connectivity index (χ0v) is 9.84. The number of rotatable bonds is 3. The predicted octanol–water partition coefficient (Wildman–Crippen LogP) is 3.11. The lowest BCUT2D eigenvalue weighted by Crippen LogP contribution is -2.27. The van der Waals surface area contributed by atoms with E-state index in [0.717, 1.165) is 12.8 Å². The molecule has 1 nitrogen and oxygen atoms in total. The minimum atomic E-state index is -0.0251. The first-order valence-electron chi connectivity index (χ1n) is 6.16. The van der Waals surface area contributed by atoms with Crippen molar-refractivity contribution in [3.05, 3.63) is 71.8 Å². The molecule has 0 spiro atoms. The standard InChI is InChI=1S/C16H17N/c17-16(11-13-7-3-1-4-8-13)12-15(16)14-9-5-2-6-10-14/h1-10,15H,11-12,17H2. The van der Waals surface area contributed by atoms with Crippen molar-refractivity contribution in [3.8, 4) is 0 Å². The largest absolute Gasteiger partial charge is 0.324 e. The first kappa shape index (κ1) is 10.5. The van der Waals surface area contributed by atoms with Crippen LogP contribution in [0.25, 0.3) is 0 Å². The van der Waals surface area contributed by atoms with Gasteiger partial charge in [-0.25, -0.2) is 0 Å². The molecule has 0 saturated heterocycles. The molecule has 17 heavy (non-hydrogen) atoms. The fourth-order valence-corrected chi connectivity index (χ4v) is 2.63. The van der Waals surface area contributed by atoms with E-state index in [-0.39, 0.29) is 5.54 Å². The van der Waals surface area contributed by atoms with Gasteiger partial charge in [-0.15, -0.1) is 0 Å². The summed E-state index contributed by atoms with van der Waals surface area (Å²) in [6.07, 6.45) is 2.08. The van der Waals surface area contributed by atoms with E-state index < -0.39 is 0 Å². The molecule has 0 aromatic heterocycles. The third-order valence-corrected chi connectivity index (χ3v) is 3.70. The Kier molecular flexibility index (Phi) is 2.49. The molecule has 2 aromatic rings. The van der Waals surface area contributed by atoms with Crippen molar-refractivity contribution < 1.29 is 0 Å². The monoisotopic (exact) mass is 223 g/mol. The van der Waals surface area contributed by atoms with E-state index in [1.165, 1.54) is 11.1 Å². The van der Waals surface area contributed by atoms with Crippen molar-refractivity contribution in [2.45, 2.75) is 24.3 Å². The smallest absolute Gasteiger partial charge is 0.0271 e. The Bertz CT molecular complexity index is 491. The first-order valence-corrected chi connectivity index (χ1v) is 6.16. The summed E-state index contributed by atoms with van der Waals surface area (Å²) in [5.74, 6) is 0.531. The molecule has 0 radical (unpaired) electrons. The second-order valence-corrected chi connectivity index (χ2v) is 5.06. The highest BCUT2D eigenvalue weighted by Gasteiger charge is 2.51. The predicted molar refractivity (Wildman–Crippen MR) is 70.9 cm³/mol. The van der Waals surface area contributed by atoms with E-state index in [4.69, 9.17) is 5.73 Å². The lowest BCUT2D eigenvalue weighted by Gasteiger charge is -2.11. The molecule has 0 amide bonds. The van der Waals surface area contributed by atoms with Crippen molar-refractivity contribution in [1.29, 1.82) is 0 Å². The van der Waals surface area contributed by atoms with Crippen molar-refractivity contribution in [2.24, 2.45) is 5.73 Å². The fraction of sp³-hybridized carbons (Fsp3) is 0.250. The van der Waals surface area contributed by atoms with Gasteiger partial charge in [0.25, 0.3) is 0 Å². The van der Waals surface area contributed by atoms with Gasteiger partial charge in [0.15, 0.2) is 0 Å². The molecule has 2 atom stereocenters. The van der Waals surface area contributed by atoms with Gasteiger partial charge in [-0.1, -0.05) is 60.7 Å². The number of hydrogen-bond acceptors (Lipinski definition) is 1. The molecule has 1 fully saturated rings. The van der Waals surface area contributed by atoms with Crippen LogP contribution in [0.4, 0.5) is 0 Å². The van der Waals surface area contributed by atoms with Crippen LogP contribution < -0.4 is 5.73 Å². The lowest BCUT2D eigenvalue weighted by atomic mass is 10.00. The fourth-order valence-electron chi connectivity index (χ4n) is 2.63. The molecule has 1 heteroatoms. The van der Waals surface area contributed by atoms with Crippen molar-refractivity contribution in [3.63, 3.8) is 0 Å². The molecule has 0 heterocycles. The van der Waals surface area contributed by atoms with Gasteiger partial charge in [0.1, 0.15) is 0 Å². The van der Waals surface area contributed by atoms with Crippen LogP contribution in [0.2, 0.25) is 0 Å². The highest BCUT2D eigenvalue weighted by atomic mass is 14.9. The number of benzene rings is 2. The van der Waals surface area contributed by atoms with Crippen LogP contribution in [-0.4, -0.2) is 5.54 Å². The van der Waals surface area contributed by atoms with E-state index in [0.29, 0.717) is 5.92 Å². The number of nitrogens with two attached hydrogens (primary N) is 1. The second-order valence-electron chi connectivity index (χ2n) is 5.06. The molecular weight excluding hydrogens is 206 g/mol. The van der Waals surface area contributed by atoms with Gasteiger partial charge in [-0.05, 0) is 24.0 Å². The topological polar surface area (TPSA) is 26.0 Å². The van der Waals surface area contributed by atoms with Gasteiger partial charge in [0.05, 0.1) is 0 Å². The molecule has 2 unspecified atom stereocenters. The molecule has 0 bridgehead atoms. The minimum Gasteiger partial charge on any atom is -0.324 e. The molecule has 86 valence electrons. The van der Waals surface area contributed by atoms with Gasteiger partial charge in [0, 0.05) is 11.5 Å². The summed E-state index contributed by atoms with van der Waals surface area (Å²) in [6, 6.07) is 21.2. The minimum absolute atomic E-state index is 0.0251. The summed E-state index contributed by atoms with van der Waals surface area (Å²) in [7, 11) is 0. The maximum Gasteiger partial charge on any atom is 0.0271 e. The zero-order chi connectivity index (χ0) is 11.7. The summed E-state index contributed by atoms with van der Waals surface area (Å²) >= 11 is 0. The average molecular weight is 223 g/mol. The maximum atomic E-state index is 6.45. The molecule has 0 aliphatic heterocycles. The van der Waals surface area contributed by atoms with E-state index in [1.807, 2.05) is 6.07 Å². The highest BCUT2D eigenvalue weighted by molar-refractivity contribution is 5.35. The Morgan fingerprint density at radius 2 is 1.53 bits per heavy atom. The summed E-state index contributed by atoms with van der Waals surface area (Å²) in [5.41, 5.74) is 9.15. The summed E-state index contributed by atoms with van der Waals surface area (Å²) in [6.45, 7) is 0. The molecule has 2 N–H and O–H groups in total. The molecule has 1 saturated carbocycles.